The smallest absolute Gasteiger partial charge is 0.255 e. The molecule has 0 bridgehead atoms. The lowest BCUT2D eigenvalue weighted by molar-refractivity contribution is 0.0916. The zero-order valence-electron chi connectivity index (χ0n) is 17.1. The van der Waals surface area contributed by atoms with Gasteiger partial charge in [0.25, 0.3) is 5.91 Å². The van der Waals surface area contributed by atoms with Crippen molar-refractivity contribution in [3.8, 4) is 5.75 Å². The molecular weight excluding hydrogens is 338 g/mol. The van der Waals surface area contributed by atoms with Gasteiger partial charge >= 0.3 is 0 Å². The van der Waals surface area contributed by atoms with Crippen molar-refractivity contribution < 1.29 is 9.90 Å². The lowest BCUT2D eigenvalue weighted by Crippen LogP contribution is -2.37. The molecule has 1 aromatic carbocycles. The van der Waals surface area contributed by atoms with Crippen LogP contribution in [-0.4, -0.2) is 21.0 Å². The van der Waals surface area contributed by atoms with Crippen LogP contribution in [0.15, 0.2) is 24.4 Å². The van der Waals surface area contributed by atoms with Crippen molar-refractivity contribution in [2.75, 3.05) is 0 Å². The van der Waals surface area contributed by atoms with Crippen LogP contribution in [-0.2, 0) is 11.8 Å². The summed E-state index contributed by atoms with van der Waals surface area (Å²) in [6, 6.07) is 4.91. The second kappa shape index (κ2) is 6.63. The van der Waals surface area contributed by atoms with Crippen LogP contribution < -0.4 is 5.32 Å². The van der Waals surface area contributed by atoms with E-state index in [0.717, 1.165) is 35.5 Å². The summed E-state index contributed by atoms with van der Waals surface area (Å²) in [6.45, 7) is 12.6. The Morgan fingerprint density at radius 2 is 2.00 bits per heavy atom. The van der Waals surface area contributed by atoms with Crippen LogP contribution in [0.1, 0.15) is 80.1 Å². The minimum Gasteiger partial charge on any atom is -0.507 e. The van der Waals surface area contributed by atoms with E-state index in [4.69, 9.17) is 4.98 Å². The Hall–Kier alpha value is -2.43. The van der Waals surface area contributed by atoms with Crippen LogP contribution in [0.4, 0.5) is 0 Å². The number of nitrogens with zero attached hydrogens (tertiary/aromatic N) is 2. The van der Waals surface area contributed by atoms with Gasteiger partial charge in [0.2, 0.25) is 0 Å². The molecular formula is C22H29N3O2. The first-order valence-electron chi connectivity index (χ1n) is 9.43. The molecule has 27 heavy (non-hydrogen) atoms. The minimum absolute atomic E-state index is 0.00197. The maximum absolute atomic E-state index is 12.8. The Balaban J connectivity index is 1.93. The number of phenolic OH excluding ortho intramolecular Hbond substituents is 1. The number of aromatic nitrogens is 2. The minimum atomic E-state index is -0.277. The zero-order valence-corrected chi connectivity index (χ0v) is 17.1. The molecule has 1 atom stereocenters. The van der Waals surface area contributed by atoms with Gasteiger partial charge in [-0.15, -0.1) is 0 Å². The SMILES string of the molecule is Cc1ccc(C(=O)NC2CC(C)(C)Cc3nc(C(C)(C)C)ncc32)c(O)c1. The summed E-state index contributed by atoms with van der Waals surface area (Å²) in [5, 5.41) is 13.2. The molecule has 0 fully saturated rings. The van der Waals surface area contributed by atoms with E-state index in [0.29, 0.717) is 0 Å². The van der Waals surface area contributed by atoms with E-state index in [-0.39, 0.29) is 34.1 Å². The number of carbonyl (C=O) groups excluding carboxylic acids is 1. The molecule has 5 nitrogen and oxygen atoms in total. The number of nitrogens with one attached hydrogen (secondary N) is 1. The molecule has 144 valence electrons. The monoisotopic (exact) mass is 367 g/mol. The normalized spacial score (nSPS) is 18.7. The van der Waals surface area contributed by atoms with Crippen LogP contribution in [0.3, 0.4) is 0 Å². The Labute approximate surface area is 161 Å². The fraction of sp³-hybridized carbons (Fsp3) is 0.500. The largest absolute Gasteiger partial charge is 0.507 e. The second-order valence-electron chi connectivity index (χ2n) is 9.44. The highest BCUT2D eigenvalue weighted by atomic mass is 16.3. The third-order valence-electron chi connectivity index (χ3n) is 5.05. The number of hydrogen-bond donors (Lipinski definition) is 2. The number of benzene rings is 1. The Morgan fingerprint density at radius 1 is 1.30 bits per heavy atom. The molecule has 1 aliphatic carbocycles. The van der Waals surface area contributed by atoms with Gasteiger partial charge in [0.15, 0.2) is 0 Å². The molecule has 1 heterocycles. The predicted octanol–water partition coefficient (Wildman–Crippen LogP) is 4.23. The number of amides is 1. The first kappa shape index (κ1) is 19.3. The highest BCUT2D eigenvalue weighted by Crippen LogP contribution is 2.40. The lowest BCUT2D eigenvalue weighted by Gasteiger charge is -2.37. The number of hydrogen-bond acceptors (Lipinski definition) is 4. The fourth-order valence-corrected chi connectivity index (χ4v) is 3.61. The average molecular weight is 367 g/mol. The van der Waals surface area contributed by atoms with Crippen LogP contribution in [0, 0.1) is 12.3 Å². The van der Waals surface area contributed by atoms with Crippen molar-refractivity contribution >= 4 is 5.91 Å². The average Bonchev–Trinajstić information content (AvgIpc) is 2.52. The highest BCUT2D eigenvalue weighted by molar-refractivity contribution is 5.97. The number of aryl methyl sites for hydroxylation is 1. The highest BCUT2D eigenvalue weighted by Gasteiger charge is 2.35. The molecule has 3 rings (SSSR count). The summed E-state index contributed by atoms with van der Waals surface area (Å²) in [6.07, 6.45) is 3.52. The van der Waals surface area contributed by atoms with Crippen molar-refractivity contribution in [3.63, 3.8) is 0 Å². The number of carbonyl (C=O) groups is 1. The summed E-state index contributed by atoms with van der Waals surface area (Å²) >= 11 is 0. The number of fused-ring (bicyclic) bond motifs is 1. The number of rotatable bonds is 2. The van der Waals surface area contributed by atoms with Gasteiger partial charge in [0.05, 0.1) is 11.6 Å². The quantitative estimate of drug-likeness (QED) is 0.833. The van der Waals surface area contributed by atoms with Gasteiger partial charge in [0, 0.05) is 22.9 Å². The van der Waals surface area contributed by atoms with E-state index in [1.54, 1.807) is 12.1 Å². The molecule has 0 aliphatic heterocycles. The van der Waals surface area contributed by atoms with E-state index in [9.17, 15) is 9.90 Å². The predicted molar refractivity (Wildman–Crippen MR) is 106 cm³/mol. The van der Waals surface area contributed by atoms with Gasteiger partial charge in [-0.25, -0.2) is 9.97 Å². The molecule has 1 amide bonds. The Kier molecular flexibility index (Phi) is 4.74. The Bertz CT molecular complexity index is 882. The van der Waals surface area contributed by atoms with Crippen molar-refractivity contribution in [3.05, 3.63) is 52.6 Å². The van der Waals surface area contributed by atoms with Crippen LogP contribution in [0.2, 0.25) is 0 Å². The summed E-state index contributed by atoms with van der Waals surface area (Å²) in [5.74, 6) is 0.545. The number of aromatic hydroxyl groups is 1. The maximum Gasteiger partial charge on any atom is 0.255 e. The van der Waals surface area contributed by atoms with Gasteiger partial charge in [0.1, 0.15) is 11.6 Å². The number of phenols is 1. The molecule has 2 N–H and O–H groups in total. The molecule has 0 saturated heterocycles. The van der Waals surface area contributed by atoms with E-state index in [2.05, 4.69) is 44.9 Å². The van der Waals surface area contributed by atoms with Crippen molar-refractivity contribution in [1.29, 1.82) is 0 Å². The second-order valence-corrected chi connectivity index (χ2v) is 9.44. The maximum atomic E-state index is 12.8. The molecule has 1 unspecified atom stereocenters. The van der Waals surface area contributed by atoms with Crippen LogP contribution in [0.5, 0.6) is 5.75 Å². The van der Waals surface area contributed by atoms with E-state index in [1.807, 2.05) is 19.2 Å². The summed E-state index contributed by atoms with van der Waals surface area (Å²) in [5.41, 5.74) is 3.08. The molecule has 0 spiro atoms. The first-order valence-corrected chi connectivity index (χ1v) is 9.43. The topological polar surface area (TPSA) is 75.1 Å². The van der Waals surface area contributed by atoms with E-state index >= 15 is 0 Å². The molecule has 2 aromatic rings. The van der Waals surface area contributed by atoms with Crippen LogP contribution >= 0.6 is 0 Å². The summed E-state index contributed by atoms with van der Waals surface area (Å²) in [4.78, 5) is 22.2. The third-order valence-corrected chi connectivity index (χ3v) is 5.05. The van der Waals surface area contributed by atoms with Crippen molar-refractivity contribution in [2.24, 2.45) is 5.41 Å². The first-order chi connectivity index (χ1) is 12.5. The summed E-state index contributed by atoms with van der Waals surface area (Å²) in [7, 11) is 0. The Morgan fingerprint density at radius 3 is 2.63 bits per heavy atom. The van der Waals surface area contributed by atoms with E-state index in [1.165, 1.54) is 0 Å². The molecule has 1 aromatic heterocycles. The molecule has 1 aliphatic rings. The van der Waals surface area contributed by atoms with Crippen molar-refractivity contribution in [2.45, 2.75) is 65.8 Å². The van der Waals surface area contributed by atoms with E-state index < -0.39 is 0 Å². The van der Waals surface area contributed by atoms with Crippen LogP contribution in [0.25, 0.3) is 0 Å². The zero-order chi connectivity index (χ0) is 20.0. The van der Waals surface area contributed by atoms with Gasteiger partial charge in [-0.1, -0.05) is 40.7 Å². The third kappa shape index (κ3) is 4.12. The fourth-order valence-electron chi connectivity index (χ4n) is 3.61. The molecule has 5 heteroatoms. The van der Waals surface area contributed by atoms with Crippen molar-refractivity contribution in [1.82, 2.24) is 15.3 Å². The molecule has 0 saturated carbocycles. The lowest BCUT2D eigenvalue weighted by atomic mass is 9.74. The van der Waals surface area contributed by atoms with Gasteiger partial charge in [-0.2, -0.15) is 0 Å². The standard InChI is InChI=1S/C22H29N3O2/c1-13-7-8-14(18(26)9-13)19(27)24-16-10-22(5,6)11-17-15(16)12-23-20(25-17)21(2,3)4/h7-9,12,16,26H,10-11H2,1-6H3,(H,24,27). The van der Waals surface area contributed by atoms with Gasteiger partial charge in [-0.3, -0.25) is 4.79 Å². The van der Waals surface area contributed by atoms with Gasteiger partial charge in [-0.05, 0) is 42.9 Å². The van der Waals surface area contributed by atoms with Gasteiger partial charge < -0.3 is 10.4 Å². The molecule has 0 radical (unpaired) electrons. The summed E-state index contributed by atoms with van der Waals surface area (Å²) < 4.78 is 0.